The largest absolute Gasteiger partial charge is 0.368 e. The third-order valence-electron chi connectivity index (χ3n) is 5.92. The van der Waals surface area contributed by atoms with Gasteiger partial charge in [-0.25, -0.2) is 4.98 Å². The molecule has 0 radical (unpaired) electrons. The number of primary amides is 1. The van der Waals surface area contributed by atoms with Gasteiger partial charge in [-0.3, -0.25) is 9.59 Å². The predicted octanol–water partition coefficient (Wildman–Crippen LogP) is 3.17. The first-order chi connectivity index (χ1) is 12.6. The first-order valence-electron chi connectivity index (χ1n) is 9.31. The Morgan fingerprint density at radius 2 is 1.88 bits per heavy atom. The predicted molar refractivity (Wildman–Crippen MR) is 99.8 cm³/mol. The van der Waals surface area contributed by atoms with Crippen molar-refractivity contribution in [2.45, 2.75) is 50.1 Å². The van der Waals surface area contributed by atoms with Crippen molar-refractivity contribution in [1.29, 1.82) is 0 Å². The van der Waals surface area contributed by atoms with E-state index in [4.69, 9.17) is 10.7 Å². The molecular formula is C20H21N3O2S. The van der Waals surface area contributed by atoms with Crippen LogP contribution in [0.5, 0.6) is 0 Å². The Morgan fingerprint density at radius 3 is 2.58 bits per heavy atom. The van der Waals surface area contributed by atoms with Crippen molar-refractivity contribution in [2.75, 3.05) is 0 Å². The Kier molecular flexibility index (Phi) is 3.64. The standard InChI is InChI=1S/C20H21N3O2S/c21-18(24)16-13-8-9-14(10-13)23(16)20(25)15-17(11-4-2-1-3-5-11)26-19(22-15)12-6-7-12/h1-5,12-14,16H,6-10H2,(H2,21,24)/t13-,14-,16+/m0/s1. The van der Waals surface area contributed by atoms with Gasteiger partial charge >= 0.3 is 0 Å². The van der Waals surface area contributed by atoms with Gasteiger partial charge in [-0.15, -0.1) is 11.3 Å². The Bertz CT molecular complexity index is 874. The van der Waals surface area contributed by atoms with Gasteiger partial charge in [0.1, 0.15) is 11.7 Å². The molecule has 2 bridgehead atoms. The van der Waals surface area contributed by atoms with Crippen LogP contribution in [-0.2, 0) is 4.79 Å². The van der Waals surface area contributed by atoms with E-state index in [0.29, 0.717) is 11.6 Å². The number of hydrogen-bond donors (Lipinski definition) is 1. The van der Waals surface area contributed by atoms with E-state index in [1.807, 2.05) is 30.3 Å². The molecule has 2 aliphatic carbocycles. The highest BCUT2D eigenvalue weighted by atomic mass is 32.1. The van der Waals surface area contributed by atoms with Crippen LogP contribution in [-0.4, -0.2) is 33.8 Å². The van der Waals surface area contributed by atoms with Gasteiger partial charge in [0.25, 0.3) is 5.91 Å². The van der Waals surface area contributed by atoms with Crippen molar-refractivity contribution in [2.24, 2.45) is 11.7 Å². The molecule has 1 aromatic carbocycles. The highest BCUT2D eigenvalue weighted by Crippen LogP contribution is 2.47. The molecule has 3 atom stereocenters. The fourth-order valence-corrected chi connectivity index (χ4v) is 5.77. The van der Waals surface area contributed by atoms with E-state index in [-0.39, 0.29) is 23.8 Å². The topological polar surface area (TPSA) is 76.3 Å². The minimum Gasteiger partial charge on any atom is -0.368 e. The second-order valence-electron chi connectivity index (χ2n) is 7.66. The van der Waals surface area contributed by atoms with Crippen LogP contribution in [0.25, 0.3) is 10.4 Å². The number of rotatable bonds is 4. The quantitative estimate of drug-likeness (QED) is 0.902. The van der Waals surface area contributed by atoms with Gasteiger partial charge in [0.2, 0.25) is 5.91 Å². The molecule has 5 nitrogen and oxygen atoms in total. The molecule has 134 valence electrons. The average Bonchev–Trinajstić information content (AvgIpc) is 3.10. The van der Waals surface area contributed by atoms with Crippen LogP contribution in [0.15, 0.2) is 30.3 Å². The van der Waals surface area contributed by atoms with Gasteiger partial charge < -0.3 is 10.6 Å². The summed E-state index contributed by atoms with van der Waals surface area (Å²) in [7, 11) is 0. The number of carbonyl (C=O) groups excluding carboxylic acids is 2. The number of fused-ring (bicyclic) bond motifs is 2. The molecule has 3 aliphatic rings. The monoisotopic (exact) mass is 367 g/mol. The molecule has 0 unspecified atom stereocenters. The van der Waals surface area contributed by atoms with Gasteiger partial charge in [0.15, 0.2) is 0 Å². The Morgan fingerprint density at radius 1 is 1.12 bits per heavy atom. The molecule has 2 amide bonds. The second-order valence-corrected chi connectivity index (χ2v) is 8.69. The second kappa shape index (κ2) is 5.91. The van der Waals surface area contributed by atoms with E-state index < -0.39 is 6.04 Å². The Hall–Kier alpha value is -2.21. The van der Waals surface area contributed by atoms with Gasteiger partial charge in [-0.1, -0.05) is 30.3 Å². The zero-order valence-electron chi connectivity index (χ0n) is 14.4. The first kappa shape index (κ1) is 16.0. The molecule has 3 fully saturated rings. The normalized spacial score (nSPS) is 27.1. The summed E-state index contributed by atoms with van der Waals surface area (Å²) in [4.78, 5) is 32.9. The van der Waals surface area contributed by atoms with Crippen LogP contribution in [0.4, 0.5) is 0 Å². The molecule has 2 aromatic rings. The van der Waals surface area contributed by atoms with Crippen molar-refractivity contribution in [3.63, 3.8) is 0 Å². The molecule has 6 heteroatoms. The molecule has 5 rings (SSSR count). The van der Waals surface area contributed by atoms with E-state index in [1.165, 1.54) is 0 Å². The van der Waals surface area contributed by atoms with Crippen LogP contribution in [0.3, 0.4) is 0 Å². The van der Waals surface area contributed by atoms with Gasteiger partial charge in [-0.2, -0.15) is 0 Å². The lowest BCUT2D eigenvalue weighted by atomic mass is 9.97. The van der Waals surface area contributed by atoms with Crippen molar-refractivity contribution in [1.82, 2.24) is 9.88 Å². The summed E-state index contributed by atoms with van der Waals surface area (Å²) < 4.78 is 0. The number of benzene rings is 1. The maximum Gasteiger partial charge on any atom is 0.274 e. The third kappa shape index (κ3) is 2.47. The summed E-state index contributed by atoms with van der Waals surface area (Å²) in [6.07, 6.45) is 5.12. The number of hydrogen-bond acceptors (Lipinski definition) is 4. The maximum atomic E-state index is 13.5. The summed E-state index contributed by atoms with van der Waals surface area (Å²) >= 11 is 1.63. The lowest BCUT2D eigenvalue weighted by molar-refractivity contribution is -0.123. The van der Waals surface area contributed by atoms with Crippen LogP contribution >= 0.6 is 11.3 Å². The highest BCUT2D eigenvalue weighted by molar-refractivity contribution is 7.15. The number of aromatic nitrogens is 1. The number of amides is 2. The Balaban J connectivity index is 1.57. The smallest absolute Gasteiger partial charge is 0.274 e. The summed E-state index contributed by atoms with van der Waals surface area (Å²) in [5, 5.41) is 1.05. The highest BCUT2D eigenvalue weighted by Gasteiger charge is 2.51. The van der Waals surface area contributed by atoms with Crippen molar-refractivity contribution in [3.8, 4) is 10.4 Å². The number of carbonyl (C=O) groups is 2. The van der Waals surface area contributed by atoms with Crippen LogP contribution in [0, 0.1) is 5.92 Å². The molecule has 1 saturated heterocycles. The number of nitrogens with zero attached hydrogens (tertiary/aromatic N) is 2. The van der Waals surface area contributed by atoms with E-state index in [9.17, 15) is 9.59 Å². The zero-order chi connectivity index (χ0) is 17.8. The van der Waals surface area contributed by atoms with E-state index in [1.54, 1.807) is 16.2 Å². The molecule has 2 heterocycles. The van der Waals surface area contributed by atoms with Gasteiger partial charge in [-0.05, 0) is 43.6 Å². The van der Waals surface area contributed by atoms with Gasteiger partial charge in [0, 0.05) is 12.0 Å². The van der Waals surface area contributed by atoms with Crippen LogP contribution < -0.4 is 5.73 Å². The first-order valence-corrected chi connectivity index (χ1v) is 10.1. The van der Waals surface area contributed by atoms with Crippen LogP contribution in [0.1, 0.15) is 53.5 Å². The molecular weight excluding hydrogens is 346 g/mol. The number of likely N-dealkylation sites (tertiary alicyclic amines) is 1. The van der Waals surface area contributed by atoms with Gasteiger partial charge in [0.05, 0.1) is 9.88 Å². The average molecular weight is 367 g/mol. The maximum absolute atomic E-state index is 13.5. The number of nitrogens with two attached hydrogens (primary N) is 1. The molecule has 2 saturated carbocycles. The summed E-state index contributed by atoms with van der Waals surface area (Å²) in [6, 6.07) is 9.60. The molecule has 26 heavy (non-hydrogen) atoms. The van der Waals surface area contributed by atoms with Crippen LogP contribution in [0.2, 0.25) is 0 Å². The molecule has 0 spiro atoms. The Labute approximate surface area is 156 Å². The van der Waals surface area contributed by atoms with Crippen molar-refractivity contribution in [3.05, 3.63) is 41.0 Å². The fraction of sp³-hybridized carbons (Fsp3) is 0.450. The zero-order valence-corrected chi connectivity index (χ0v) is 15.2. The fourth-order valence-electron chi connectivity index (χ4n) is 4.54. The number of piperidine rings is 1. The molecule has 1 aliphatic heterocycles. The van der Waals surface area contributed by atoms with E-state index >= 15 is 0 Å². The summed E-state index contributed by atoms with van der Waals surface area (Å²) in [6.45, 7) is 0. The molecule has 2 N–H and O–H groups in total. The van der Waals surface area contributed by atoms with Crippen molar-refractivity contribution >= 4 is 23.2 Å². The summed E-state index contributed by atoms with van der Waals surface area (Å²) in [5.41, 5.74) is 7.17. The van der Waals surface area contributed by atoms with Crippen molar-refractivity contribution < 1.29 is 9.59 Å². The molecule has 1 aromatic heterocycles. The lowest BCUT2D eigenvalue weighted by Gasteiger charge is -2.33. The minimum absolute atomic E-state index is 0.122. The SMILES string of the molecule is NC(=O)[C@H]1[C@H]2CC[C@@H](C2)N1C(=O)c1nc(C2CC2)sc1-c1ccccc1. The minimum atomic E-state index is -0.476. The summed E-state index contributed by atoms with van der Waals surface area (Å²) in [5.74, 6) is 0.196. The third-order valence-corrected chi connectivity index (χ3v) is 7.19. The van der Waals surface area contributed by atoms with E-state index in [0.717, 1.165) is 47.6 Å². The lowest BCUT2D eigenvalue weighted by Crippen LogP contribution is -2.51. The van der Waals surface area contributed by atoms with E-state index in [2.05, 4.69) is 0 Å². The number of thiazole rings is 1.